The number of nitrogens with zero attached hydrogens (tertiary/aromatic N) is 1. The quantitative estimate of drug-likeness (QED) is 0.786. The van der Waals surface area contributed by atoms with Crippen LogP contribution in [0.2, 0.25) is 0 Å². The van der Waals surface area contributed by atoms with E-state index in [9.17, 15) is 9.59 Å². The predicted octanol–water partition coefficient (Wildman–Crippen LogP) is 0.199. The summed E-state index contributed by atoms with van der Waals surface area (Å²) in [6, 6.07) is 1.75. The molecule has 1 aliphatic rings. The number of aromatic amines is 1. The Hall–Kier alpha value is -1.62. The molecular weight excluding hydrogens is 218 g/mol. The number of aromatic nitrogens is 1. The first-order valence-electron chi connectivity index (χ1n) is 5.84. The van der Waals surface area contributed by atoms with Gasteiger partial charge in [-0.05, 0) is 26.4 Å². The van der Waals surface area contributed by atoms with Crippen LogP contribution in [0.1, 0.15) is 23.2 Å². The number of hydrogen-bond donors (Lipinski definition) is 2. The molecule has 2 rings (SSSR count). The number of H-pyrrole nitrogens is 1. The summed E-state index contributed by atoms with van der Waals surface area (Å²) in [5, 5.41) is 2.81. The zero-order valence-electron chi connectivity index (χ0n) is 9.90. The Morgan fingerprint density at radius 1 is 1.65 bits per heavy atom. The van der Waals surface area contributed by atoms with E-state index in [1.807, 2.05) is 0 Å². The lowest BCUT2D eigenvalue weighted by molar-refractivity contribution is 0.0942. The molecule has 0 radical (unpaired) electrons. The topological polar surface area (TPSA) is 65.2 Å². The van der Waals surface area contributed by atoms with Gasteiger partial charge >= 0.3 is 0 Å². The standard InChI is InChI=1S/C12H17N3O2/c1-15-6-2-3-9(15)7-14-12(17)10-8-13-5-4-11(10)16/h4-5,8-9H,2-3,6-7H2,1H3,(H,13,16)(H,14,17). The Kier molecular flexibility index (Phi) is 3.58. The highest BCUT2D eigenvalue weighted by atomic mass is 16.2. The highest BCUT2D eigenvalue weighted by Gasteiger charge is 2.21. The maximum absolute atomic E-state index is 11.8. The van der Waals surface area contributed by atoms with Crippen molar-refractivity contribution in [2.45, 2.75) is 18.9 Å². The van der Waals surface area contributed by atoms with Gasteiger partial charge in [-0.25, -0.2) is 0 Å². The lowest BCUT2D eigenvalue weighted by Crippen LogP contribution is -2.39. The number of pyridine rings is 1. The summed E-state index contributed by atoms with van der Waals surface area (Å²) in [6.07, 6.45) is 5.23. The third-order valence-electron chi connectivity index (χ3n) is 3.24. The molecule has 0 spiro atoms. The highest BCUT2D eigenvalue weighted by Crippen LogP contribution is 2.13. The molecule has 1 aromatic rings. The van der Waals surface area contributed by atoms with E-state index in [-0.39, 0.29) is 16.9 Å². The molecule has 1 aliphatic heterocycles. The molecule has 0 bridgehead atoms. The molecule has 0 aromatic carbocycles. The van der Waals surface area contributed by atoms with Crippen LogP contribution in [-0.4, -0.2) is 42.0 Å². The van der Waals surface area contributed by atoms with Crippen molar-refractivity contribution >= 4 is 5.91 Å². The van der Waals surface area contributed by atoms with Crippen molar-refractivity contribution in [2.24, 2.45) is 0 Å². The van der Waals surface area contributed by atoms with Crippen molar-refractivity contribution in [3.8, 4) is 0 Å². The molecule has 92 valence electrons. The van der Waals surface area contributed by atoms with Gasteiger partial charge < -0.3 is 15.2 Å². The van der Waals surface area contributed by atoms with E-state index in [4.69, 9.17) is 0 Å². The molecule has 2 heterocycles. The molecule has 1 saturated heterocycles. The molecule has 5 nitrogen and oxygen atoms in total. The van der Waals surface area contributed by atoms with Crippen LogP contribution in [0.25, 0.3) is 0 Å². The number of rotatable bonds is 3. The third-order valence-corrected chi connectivity index (χ3v) is 3.24. The summed E-state index contributed by atoms with van der Waals surface area (Å²) < 4.78 is 0. The molecule has 5 heteroatoms. The van der Waals surface area contributed by atoms with Crippen molar-refractivity contribution in [3.63, 3.8) is 0 Å². The Balaban J connectivity index is 1.94. The van der Waals surface area contributed by atoms with Gasteiger partial charge in [0.25, 0.3) is 5.91 Å². The summed E-state index contributed by atoms with van der Waals surface area (Å²) in [5.74, 6) is -0.299. The number of nitrogens with one attached hydrogen (secondary N) is 2. The second kappa shape index (κ2) is 5.14. The number of likely N-dealkylation sites (tertiary alicyclic amines) is 1. The summed E-state index contributed by atoms with van der Waals surface area (Å²) in [4.78, 5) is 28.2. The summed E-state index contributed by atoms with van der Waals surface area (Å²) in [7, 11) is 2.05. The van der Waals surface area contributed by atoms with E-state index >= 15 is 0 Å². The number of hydrogen-bond acceptors (Lipinski definition) is 3. The fourth-order valence-corrected chi connectivity index (χ4v) is 2.14. The molecule has 0 saturated carbocycles. The summed E-state index contributed by atoms with van der Waals surface area (Å²) in [6.45, 7) is 1.68. The van der Waals surface area contributed by atoms with E-state index in [2.05, 4.69) is 22.2 Å². The molecule has 1 fully saturated rings. The first-order valence-corrected chi connectivity index (χ1v) is 5.84. The fraction of sp³-hybridized carbons (Fsp3) is 0.500. The minimum absolute atomic E-state index is 0.174. The third kappa shape index (κ3) is 2.74. The molecule has 2 N–H and O–H groups in total. The SMILES string of the molecule is CN1CCCC1CNC(=O)c1c[nH]ccc1=O. The smallest absolute Gasteiger partial charge is 0.256 e. The Morgan fingerprint density at radius 2 is 2.47 bits per heavy atom. The van der Waals surface area contributed by atoms with Crippen molar-refractivity contribution in [3.05, 3.63) is 34.2 Å². The largest absolute Gasteiger partial charge is 0.367 e. The Morgan fingerprint density at radius 3 is 3.12 bits per heavy atom. The van der Waals surface area contributed by atoms with Gasteiger partial charge in [0, 0.05) is 31.0 Å². The van der Waals surface area contributed by atoms with Crippen LogP contribution in [0.5, 0.6) is 0 Å². The average Bonchev–Trinajstić information content (AvgIpc) is 2.72. The second-order valence-corrected chi connectivity index (χ2v) is 4.41. The van der Waals surface area contributed by atoms with E-state index in [1.54, 1.807) is 0 Å². The van der Waals surface area contributed by atoms with Crippen LogP contribution in [0.15, 0.2) is 23.3 Å². The number of carbonyl (C=O) groups is 1. The number of likely N-dealkylation sites (N-methyl/N-ethyl adjacent to an activating group) is 1. The zero-order chi connectivity index (χ0) is 12.3. The van der Waals surface area contributed by atoms with E-state index in [0.29, 0.717) is 12.6 Å². The molecule has 1 atom stereocenters. The van der Waals surface area contributed by atoms with E-state index in [0.717, 1.165) is 13.0 Å². The van der Waals surface area contributed by atoms with Crippen LogP contribution >= 0.6 is 0 Å². The van der Waals surface area contributed by atoms with Crippen LogP contribution in [0.4, 0.5) is 0 Å². The van der Waals surface area contributed by atoms with Crippen LogP contribution in [0.3, 0.4) is 0 Å². The van der Waals surface area contributed by atoms with Crippen LogP contribution in [-0.2, 0) is 0 Å². The highest BCUT2D eigenvalue weighted by molar-refractivity contribution is 5.93. The number of carbonyl (C=O) groups excluding carboxylic acids is 1. The van der Waals surface area contributed by atoms with E-state index < -0.39 is 0 Å². The van der Waals surface area contributed by atoms with Gasteiger partial charge in [-0.15, -0.1) is 0 Å². The lowest BCUT2D eigenvalue weighted by Gasteiger charge is -2.19. The molecule has 0 aliphatic carbocycles. The minimum atomic E-state index is -0.299. The Labute approximate surface area is 99.8 Å². The van der Waals surface area contributed by atoms with Crippen molar-refractivity contribution < 1.29 is 4.79 Å². The van der Waals surface area contributed by atoms with Gasteiger partial charge in [0.05, 0.1) is 0 Å². The Bertz CT molecular complexity index is 455. The van der Waals surface area contributed by atoms with Crippen molar-refractivity contribution in [1.82, 2.24) is 15.2 Å². The van der Waals surface area contributed by atoms with Gasteiger partial charge in [-0.2, -0.15) is 0 Å². The van der Waals surface area contributed by atoms with Crippen molar-refractivity contribution in [1.29, 1.82) is 0 Å². The molecule has 1 unspecified atom stereocenters. The lowest BCUT2D eigenvalue weighted by atomic mass is 10.2. The first-order chi connectivity index (χ1) is 8.18. The molecule has 1 aromatic heterocycles. The predicted molar refractivity (Wildman–Crippen MR) is 65.0 cm³/mol. The first kappa shape index (κ1) is 11.9. The normalized spacial score (nSPS) is 20.4. The summed E-state index contributed by atoms with van der Waals surface area (Å²) in [5.41, 5.74) is -0.0748. The van der Waals surface area contributed by atoms with Gasteiger partial charge in [0.15, 0.2) is 5.43 Å². The van der Waals surface area contributed by atoms with E-state index in [1.165, 1.54) is 24.9 Å². The maximum atomic E-state index is 11.8. The number of amides is 1. The monoisotopic (exact) mass is 235 g/mol. The zero-order valence-corrected chi connectivity index (χ0v) is 9.90. The van der Waals surface area contributed by atoms with Crippen LogP contribution < -0.4 is 10.7 Å². The fourth-order valence-electron chi connectivity index (χ4n) is 2.14. The van der Waals surface area contributed by atoms with Crippen molar-refractivity contribution in [2.75, 3.05) is 20.1 Å². The van der Waals surface area contributed by atoms with Gasteiger partial charge in [0.1, 0.15) is 5.56 Å². The average molecular weight is 235 g/mol. The van der Waals surface area contributed by atoms with Crippen LogP contribution in [0, 0.1) is 0 Å². The molecule has 17 heavy (non-hydrogen) atoms. The second-order valence-electron chi connectivity index (χ2n) is 4.41. The minimum Gasteiger partial charge on any atom is -0.367 e. The van der Waals surface area contributed by atoms with Gasteiger partial charge in [-0.3, -0.25) is 9.59 Å². The molecular formula is C12H17N3O2. The maximum Gasteiger partial charge on any atom is 0.256 e. The summed E-state index contributed by atoms with van der Waals surface area (Å²) >= 11 is 0. The van der Waals surface area contributed by atoms with Gasteiger partial charge in [-0.1, -0.05) is 0 Å². The molecule has 1 amide bonds. The van der Waals surface area contributed by atoms with Gasteiger partial charge in [0.2, 0.25) is 0 Å².